The first-order chi connectivity index (χ1) is 15.7. The van der Waals surface area contributed by atoms with Gasteiger partial charge in [0.15, 0.2) is 0 Å². The quantitative estimate of drug-likeness (QED) is 0.622. The molecular formula is C23H25FN6O2. The van der Waals surface area contributed by atoms with Gasteiger partial charge in [0.25, 0.3) is 0 Å². The molecule has 6 rings (SSSR count). The van der Waals surface area contributed by atoms with E-state index < -0.39 is 6.17 Å². The van der Waals surface area contributed by atoms with Gasteiger partial charge in [0.05, 0.1) is 43.2 Å². The molecule has 0 spiro atoms. The van der Waals surface area contributed by atoms with Crippen LogP contribution in [-0.2, 0) is 11.3 Å². The number of piperidine rings is 1. The number of pyridine rings is 2. The van der Waals surface area contributed by atoms with Crippen molar-refractivity contribution in [2.45, 2.75) is 31.3 Å². The van der Waals surface area contributed by atoms with Crippen LogP contribution in [0.3, 0.4) is 0 Å². The number of anilines is 1. The predicted molar refractivity (Wildman–Crippen MR) is 117 cm³/mol. The third kappa shape index (κ3) is 3.32. The number of ether oxygens (including phenoxy) is 2. The maximum Gasteiger partial charge on any atom is 0.223 e. The minimum absolute atomic E-state index is 0.0607. The minimum atomic E-state index is -0.914. The first kappa shape index (κ1) is 19.6. The topological polar surface area (TPSA) is 68.5 Å². The highest BCUT2D eigenvalue weighted by molar-refractivity contribution is 5.69. The summed E-state index contributed by atoms with van der Waals surface area (Å²) in [7, 11) is 2.01. The lowest BCUT2D eigenvalue weighted by atomic mass is 9.99. The van der Waals surface area contributed by atoms with Gasteiger partial charge in [0.2, 0.25) is 5.88 Å². The summed E-state index contributed by atoms with van der Waals surface area (Å²) in [6, 6.07) is 8.04. The van der Waals surface area contributed by atoms with E-state index in [4.69, 9.17) is 14.6 Å². The summed E-state index contributed by atoms with van der Waals surface area (Å²) >= 11 is 0. The number of hydrogen-bond donors (Lipinski definition) is 0. The molecule has 2 unspecified atom stereocenters. The Morgan fingerprint density at radius 3 is 2.84 bits per heavy atom. The average Bonchev–Trinajstić information content (AvgIpc) is 3.23. The molecule has 0 aromatic carbocycles. The lowest BCUT2D eigenvalue weighted by Crippen LogP contribution is -2.58. The molecule has 0 N–H and O–H groups in total. The highest BCUT2D eigenvalue weighted by Gasteiger charge is 2.37. The highest BCUT2D eigenvalue weighted by Crippen LogP contribution is 2.35. The molecule has 9 heteroatoms. The van der Waals surface area contributed by atoms with Crippen LogP contribution in [0.5, 0.6) is 5.88 Å². The van der Waals surface area contributed by atoms with Crippen LogP contribution in [0.25, 0.3) is 16.9 Å². The van der Waals surface area contributed by atoms with Crippen LogP contribution >= 0.6 is 0 Å². The first-order valence-corrected chi connectivity index (χ1v) is 11.0. The van der Waals surface area contributed by atoms with Crippen molar-refractivity contribution in [3.63, 3.8) is 0 Å². The van der Waals surface area contributed by atoms with Crippen LogP contribution in [0.4, 0.5) is 10.2 Å². The zero-order valence-corrected chi connectivity index (χ0v) is 17.9. The number of fused-ring (bicyclic) bond motifs is 3. The molecule has 6 heterocycles. The molecule has 166 valence electrons. The fourth-order valence-electron chi connectivity index (χ4n) is 4.70. The summed E-state index contributed by atoms with van der Waals surface area (Å²) in [5.41, 5.74) is 3.64. The van der Waals surface area contributed by atoms with Crippen molar-refractivity contribution in [1.82, 2.24) is 24.6 Å². The zero-order valence-electron chi connectivity index (χ0n) is 17.9. The first-order valence-electron chi connectivity index (χ1n) is 11.0. The second kappa shape index (κ2) is 7.83. The zero-order chi connectivity index (χ0) is 21.7. The molecule has 3 aromatic heterocycles. The van der Waals surface area contributed by atoms with Crippen molar-refractivity contribution in [3.8, 4) is 22.8 Å². The molecule has 3 aromatic rings. The normalized spacial score (nSPS) is 22.8. The van der Waals surface area contributed by atoms with Crippen LogP contribution in [0, 0.1) is 0 Å². The van der Waals surface area contributed by atoms with E-state index >= 15 is 0 Å². The van der Waals surface area contributed by atoms with Gasteiger partial charge in [0, 0.05) is 30.5 Å². The average molecular weight is 436 g/mol. The Labute approximate surface area is 185 Å². The molecule has 0 radical (unpaired) electrons. The van der Waals surface area contributed by atoms with E-state index in [2.05, 4.69) is 14.9 Å². The van der Waals surface area contributed by atoms with E-state index in [-0.39, 0.29) is 6.04 Å². The van der Waals surface area contributed by atoms with Crippen LogP contribution in [0.15, 0.2) is 42.9 Å². The maximum absolute atomic E-state index is 15.0. The summed E-state index contributed by atoms with van der Waals surface area (Å²) in [4.78, 5) is 13.1. The molecule has 0 bridgehead atoms. The second-order valence-corrected chi connectivity index (χ2v) is 8.64. The van der Waals surface area contributed by atoms with Gasteiger partial charge in [-0.25, -0.2) is 19.0 Å². The van der Waals surface area contributed by atoms with Gasteiger partial charge >= 0.3 is 0 Å². The molecule has 2 saturated heterocycles. The monoisotopic (exact) mass is 436 g/mol. The van der Waals surface area contributed by atoms with Gasteiger partial charge in [-0.15, -0.1) is 0 Å². The van der Waals surface area contributed by atoms with Crippen molar-refractivity contribution in [2.75, 3.05) is 38.3 Å². The lowest BCUT2D eigenvalue weighted by molar-refractivity contribution is -0.0813. The van der Waals surface area contributed by atoms with E-state index in [1.165, 1.54) is 0 Å². The second-order valence-electron chi connectivity index (χ2n) is 8.64. The van der Waals surface area contributed by atoms with E-state index in [1.54, 1.807) is 12.4 Å². The van der Waals surface area contributed by atoms with Crippen molar-refractivity contribution in [2.24, 2.45) is 0 Å². The van der Waals surface area contributed by atoms with Gasteiger partial charge in [-0.05, 0) is 37.7 Å². The summed E-state index contributed by atoms with van der Waals surface area (Å²) < 4.78 is 27.8. The van der Waals surface area contributed by atoms with Crippen molar-refractivity contribution >= 4 is 5.82 Å². The van der Waals surface area contributed by atoms with Gasteiger partial charge in [-0.3, -0.25) is 4.90 Å². The third-order valence-corrected chi connectivity index (χ3v) is 6.73. The van der Waals surface area contributed by atoms with Gasteiger partial charge in [0.1, 0.15) is 24.3 Å². The standard InChI is InChI=1S/C23H25FN6O2/c1-28(17-13-31-14-17)20-6-8-29(11-19(20)24)21-5-4-16(9-26-21)30-10-15-12-32-23-18(22(15)27-30)3-2-7-25-23/h2-5,7,9-10,17,19-20H,6,8,11-14H2,1H3. The van der Waals surface area contributed by atoms with Gasteiger partial charge in [-0.2, -0.15) is 5.10 Å². The number of rotatable bonds is 4. The molecule has 3 aliphatic rings. The number of alkyl halides is 1. The van der Waals surface area contributed by atoms with Crippen molar-refractivity contribution < 1.29 is 13.9 Å². The summed E-state index contributed by atoms with van der Waals surface area (Å²) in [5, 5.41) is 4.74. The molecule has 2 atom stereocenters. The minimum Gasteiger partial charge on any atom is -0.472 e. The number of halogens is 1. The molecule has 2 fully saturated rings. The molecule has 0 amide bonds. The van der Waals surface area contributed by atoms with Crippen molar-refractivity contribution in [1.29, 1.82) is 0 Å². The molecule has 0 aliphatic carbocycles. The molecule has 32 heavy (non-hydrogen) atoms. The Hall–Kier alpha value is -3.04. The highest BCUT2D eigenvalue weighted by atomic mass is 19.1. The lowest BCUT2D eigenvalue weighted by Gasteiger charge is -2.44. The fraction of sp³-hybridized carbons (Fsp3) is 0.435. The van der Waals surface area contributed by atoms with E-state index in [1.807, 2.05) is 47.1 Å². The summed E-state index contributed by atoms with van der Waals surface area (Å²) in [6.45, 7) is 2.99. The SMILES string of the molecule is CN(C1COC1)C1CCN(c2ccc(-n3cc4c(n3)-c3cccnc3OC4)cn2)CC1F. The smallest absolute Gasteiger partial charge is 0.223 e. The van der Waals surface area contributed by atoms with Gasteiger partial charge in [-0.1, -0.05) is 0 Å². The van der Waals surface area contributed by atoms with Crippen molar-refractivity contribution in [3.05, 3.63) is 48.4 Å². The largest absolute Gasteiger partial charge is 0.472 e. The van der Waals surface area contributed by atoms with E-state index in [9.17, 15) is 4.39 Å². The van der Waals surface area contributed by atoms with E-state index in [0.29, 0.717) is 38.3 Å². The molecule has 8 nitrogen and oxygen atoms in total. The van der Waals surface area contributed by atoms with Crippen LogP contribution < -0.4 is 9.64 Å². The molecular weight excluding hydrogens is 411 g/mol. The number of likely N-dealkylation sites (N-methyl/N-ethyl adjacent to an activating group) is 1. The Bertz CT molecular complexity index is 1120. The molecule has 0 saturated carbocycles. The van der Waals surface area contributed by atoms with Crippen LogP contribution in [-0.4, -0.2) is 76.3 Å². The number of aromatic nitrogens is 4. The Morgan fingerprint density at radius 2 is 2.09 bits per heavy atom. The third-order valence-electron chi connectivity index (χ3n) is 6.73. The van der Waals surface area contributed by atoms with Gasteiger partial charge < -0.3 is 14.4 Å². The number of nitrogens with zero attached hydrogens (tertiary/aromatic N) is 6. The molecule has 3 aliphatic heterocycles. The fourth-order valence-corrected chi connectivity index (χ4v) is 4.70. The number of hydrogen-bond acceptors (Lipinski definition) is 7. The Kier molecular flexibility index (Phi) is 4.80. The summed E-state index contributed by atoms with van der Waals surface area (Å²) in [6.07, 6.45) is 5.33. The van der Waals surface area contributed by atoms with Crippen LogP contribution in [0.1, 0.15) is 12.0 Å². The Balaban J connectivity index is 1.17. The van der Waals surface area contributed by atoms with E-state index in [0.717, 1.165) is 41.3 Å². The van der Waals surface area contributed by atoms with Crippen LogP contribution in [0.2, 0.25) is 0 Å². The maximum atomic E-state index is 15.0. The predicted octanol–water partition coefficient (Wildman–Crippen LogP) is 2.47. The summed E-state index contributed by atoms with van der Waals surface area (Å²) in [5.74, 6) is 1.40. The Morgan fingerprint density at radius 1 is 1.19 bits per heavy atom.